The van der Waals surface area contributed by atoms with Crippen LogP contribution in [0.1, 0.15) is 48.7 Å². The third kappa shape index (κ3) is 2.48. The zero-order chi connectivity index (χ0) is 30.6. The van der Waals surface area contributed by atoms with Gasteiger partial charge in [0.15, 0.2) is 0 Å². The molecule has 2 aromatic heterocycles. The van der Waals surface area contributed by atoms with Crippen molar-refractivity contribution in [1.82, 2.24) is 9.13 Å². The predicted octanol–water partition coefficient (Wildman–Crippen LogP) is 9.94. The molecular weight excluding hydrogens is 508 g/mol. The number of para-hydroxylation sites is 4. The highest BCUT2D eigenvalue weighted by atomic mass is 15.0. The molecule has 0 unspecified atom stereocenters. The highest BCUT2D eigenvalue weighted by molar-refractivity contribution is 6.14. The fourth-order valence-corrected chi connectivity index (χ4v) is 10.7. The maximum Gasteiger partial charge on any atom is 0.0645 e. The molecule has 1 aliphatic heterocycles. The molecule has 42 heavy (non-hydrogen) atoms. The summed E-state index contributed by atoms with van der Waals surface area (Å²) in [7, 11) is 0. The van der Waals surface area contributed by atoms with E-state index in [4.69, 9.17) is 5.48 Å². The van der Waals surface area contributed by atoms with Crippen LogP contribution in [0.4, 0.5) is 0 Å². The van der Waals surface area contributed by atoms with Gasteiger partial charge in [0.1, 0.15) is 0 Å². The van der Waals surface area contributed by atoms with Crippen LogP contribution in [-0.4, -0.2) is 9.13 Å². The molecule has 3 heterocycles. The van der Waals surface area contributed by atoms with Gasteiger partial charge in [0.05, 0.1) is 33.2 Å². The number of hydrogen-bond acceptors (Lipinski definition) is 0. The van der Waals surface area contributed by atoms with Gasteiger partial charge >= 0.3 is 0 Å². The lowest BCUT2D eigenvalue weighted by Gasteiger charge is -2.63. The third-order valence-corrected chi connectivity index (χ3v) is 11.8. The Morgan fingerprint density at radius 2 is 1.21 bits per heavy atom. The Balaban J connectivity index is 1.35. The zero-order valence-corrected chi connectivity index (χ0v) is 23.3. The molecule has 4 aliphatic carbocycles. The molecule has 4 saturated carbocycles. The van der Waals surface area contributed by atoms with Gasteiger partial charge in [-0.15, -0.1) is 0 Å². The van der Waals surface area contributed by atoms with E-state index in [1.807, 2.05) is 18.2 Å². The summed E-state index contributed by atoms with van der Waals surface area (Å²) in [6.45, 7) is 0. The average Bonchev–Trinajstić information content (AvgIpc) is 3.60. The molecule has 0 amide bonds. The lowest BCUT2D eigenvalue weighted by molar-refractivity contribution is -0.0418. The quantitative estimate of drug-likeness (QED) is 0.195. The zero-order valence-electron chi connectivity index (χ0n) is 27.3. The SMILES string of the molecule is [2H]c1c([2H])c([2H])c2c(c1[2H])c1ccccc1n2-c1cc2c3c(c1)c1ccccc1n3-c1ccccc1C21C2CC3CC(C2)CC1C3. The molecule has 2 nitrogen and oxygen atoms in total. The van der Waals surface area contributed by atoms with E-state index in [0.29, 0.717) is 22.7 Å². The second-order valence-electron chi connectivity index (χ2n) is 13.5. The summed E-state index contributed by atoms with van der Waals surface area (Å²) in [5.41, 5.74) is 9.11. The maximum atomic E-state index is 9.16. The van der Waals surface area contributed by atoms with Gasteiger partial charge in [0.2, 0.25) is 0 Å². The first kappa shape index (κ1) is 19.0. The van der Waals surface area contributed by atoms with Gasteiger partial charge in [-0.3, -0.25) is 0 Å². The van der Waals surface area contributed by atoms with Crippen LogP contribution in [-0.2, 0) is 5.41 Å². The average molecular weight is 545 g/mol. The second kappa shape index (κ2) is 7.55. The maximum absolute atomic E-state index is 9.16. The van der Waals surface area contributed by atoms with Crippen molar-refractivity contribution in [3.05, 3.63) is 120 Å². The lowest BCUT2D eigenvalue weighted by atomic mass is 9.41. The monoisotopic (exact) mass is 544 g/mol. The molecule has 7 aromatic rings. The molecular formula is C40H32N2. The Bertz CT molecular complexity index is 2470. The van der Waals surface area contributed by atoms with E-state index in [9.17, 15) is 0 Å². The van der Waals surface area contributed by atoms with E-state index in [1.165, 1.54) is 70.7 Å². The van der Waals surface area contributed by atoms with Gasteiger partial charge < -0.3 is 9.13 Å². The van der Waals surface area contributed by atoms with Gasteiger partial charge in [-0.1, -0.05) is 72.7 Å². The van der Waals surface area contributed by atoms with Crippen molar-refractivity contribution in [3.8, 4) is 11.4 Å². The second-order valence-corrected chi connectivity index (χ2v) is 13.5. The molecule has 4 fully saturated rings. The van der Waals surface area contributed by atoms with Crippen LogP contribution in [0.5, 0.6) is 0 Å². The van der Waals surface area contributed by atoms with Gasteiger partial charge in [0, 0.05) is 32.6 Å². The minimum Gasteiger partial charge on any atom is -0.309 e. The number of aromatic nitrogens is 2. The van der Waals surface area contributed by atoms with E-state index >= 15 is 0 Å². The number of benzene rings is 5. The molecule has 0 radical (unpaired) electrons. The Morgan fingerprint density at radius 1 is 0.571 bits per heavy atom. The largest absolute Gasteiger partial charge is 0.309 e. The van der Waals surface area contributed by atoms with E-state index in [1.54, 1.807) is 0 Å². The summed E-state index contributed by atoms with van der Waals surface area (Å²) in [5, 5.41) is 3.89. The number of hydrogen-bond donors (Lipinski definition) is 0. The normalized spacial score (nSPS) is 28.5. The molecule has 4 bridgehead atoms. The van der Waals surface area contributed by atoms with Crippen LogP contribution in [0.2, 0.25) is 0 Å². The van der Waals surface area contributed by atoms with Gasteiger partial charge in [-0.2, -0.15) is 0 Å². The Hall–Kier alpha value is -4.30. The minimum absolute atomic E-state index is 0.0121. The summed E-state index contributed by atoms with van der Waals surface area (Å²) in [6, 6.07) is 30.4. The molecule has 0 atom stereocenters. The minimum atomic E-state index is -0.188. The van der Waals surface area contributed by atoms with Crippen molar-refractivity contribution >= 4 is 43.6 Å². The summed E-state index contributed by atoms with van der Waals surface area (Å²) < 4.78 is 39.9. The highest BCUT2D eigenvalue weighted by Gasteiger charge is 2.61. The standard InChI is InChI=1S/C40H32N2/c1-5-13-35-29(9-1)30-10-2-6-14-36(30)41(35)28-22-32-31-11-3-7-15-37(31)42-38-16-8-4-12-33(38)40(34(23-28)39(32)42)26-18-24-17-25(20-26)21-27(40)19-24/h1-16,22-27H,17-21H2/i1D,5D,9D,13D. The topological polar surface area (TPSA) is 9.86 Å². The molecule has 1 spiro atoms. The first-order valence-electron chi connectivity index (χ1n) is 17.6. The van der Waals surface area contributed by atoms with Gasteiger partial charge in [0.25, 0.3) is 0 Å². The summed E-state index contributed by atoms with van der Waals surface area (Å²) in [6.07, 6.45) is 6.55. The summed E-state index contributed by atoms with van der Waals surface area (Å²) >= 11 is 0. The third-order valence-electron chi connectivity index (χ3n) is 11.8. The van der Waals surface area contributed by atoms with E-state index in [0.717, 1.165) is 28.4 Å². The fraction of sp³-hybridized carbons (Fsp3) is 0.250. The van der Waals surface area contributed by atoms with E-state index in [2.05, 4.69) is 75.9 Å². The Morgan fingerprint density at radius 3 is 2.00 bits per heavy atom. The molecule has 5 aromatic carbocycles. The van der Waals surface area contributed by atoms with Gasteiger partial charge in [-0.05, 0) is 103 Å². The van der Waals surface area contributed by atoms with Crippen LogP contribution >= 0.6 is 0 Å². The predicted molar refractivity (Wildman–Crippen MR) is 173 cm³/mol. The smallest absolute Gasteiger partial charge is 0.0645 e. The summed E-state index contributed by atoms with van der Waals surface area (Å²) in [5.74, 6) is 2.84. The molecule has 202 valence electrons. The van der Waals surface area contributed by atoms with Crippen LogP contribution in [0.15, 0.2) is 109 Å². The van der Waals surface area contributed by atoms with Crippen molar-refractivity contribution in [2.24, 2.45) is 23.7 Å². The molecule has 2 heteroatoms. The number of rotatable bonds is 1. The van der Waals surface area contributed by atoms with Crippen LogP contribution in [0.25, 0.3) is 55.0 Å². The van der Waals surface area contributed by atoms with Crippen LogP contribution in [0, 0.1) is 23.7 Å². The van der Waals surface area contributed by atoms with Crippen molar-refractivity contribution < 1.29 is 5.48 Å². The molecule has 5 aliphatic rings. The van der Waals surface area contributed by atoms with E-state index < -0.39 is 0 Å². The Kier molecular flexibility index (Phi) is 3.42. The van der Waals surface area contributed by atoms with Crippen molar-refractivity contribution in [1.29, 1.82) is 0 Å². The van der Waals surface area contributed by atoms with Crippen molar-refractivity contribution in [3.63, 3.8) is 0 Å². The Labute approximate surface area is 250 Å². The molecule has 0 N–H and O–H groups in total. The van der Waals surface area contributed by atoms with Gasteiger partial charge in [-0.25, -0.2) is 0 Å². The first-order chi connectivity index (χ1) is 22.5. The van der Waals surface area contributed by atoms with Crippen LogP contribution < -0.4 is 0 Å². The fourth-order valence-electron chi connectivity index (χ4n) is 10.7. The van der Waals surface area contributed by atoms with Crippen molar-refractivity contribution in [2.75, 3.05) is 0 Å². The van der Waals surface area contributed by atoms with Crippen LogP contribution in [0.3, 0.4) is 0 Å². The number of fused-ring (bicyclic) bond motifs is 8. The van der Waals surface area contributed by atoms with E-state index in [-0.39, 0.29) is 29.6 Å². The molecule has 0 saturated heterocycles. The van der Waals surface area contributed by atoms with Crippen molar-refractivity contribution in [2.45, 2.75) is 37.5 Å². The number of nitrogens with zero attached hydrogens (tertiary/aromatic N) is 2. The highest BCUT2D eigenvalue weighted by Crippen LogP contribution is 2.68. The lowest BCUT2D eigenvalue weighted by Crippen LogP contribution is -2.57. The molecule has 12 rings (SSSR count). The first-order valence-corrected chi connectivity index (χ1v) is 15.6. The summed E-state index contributed by atoms with van der Waals surface area (Å²) in [4.78, 5) is 0.